The number of carbonyl (C=O) groups is 2. The van der Waals surface area contributed by atoms with Gasteiger partial charge in [-0.3, -0.25) is 9.59 Å². The lowest BCUT2D eigenvalue weighted by Crippen LogP contribution is -2.16. The van der Waals surface area contributed by atoms with E-state index in [0.29, 0.717) is 12.2 Å². The Morgan fingerprint density at radius 3 is 2.72 bits per heavy atom. The third kappa shape index (κ3) is 1.87. The molecule has 0 aliphatic heterocycles. The Bertz CT molecular complexity index is 585. The molecule has 0 aromatic heterocycles. The average molecular weight is 263 g/mol. The summed E-state index contributed by atoms with van der Waals surface area (Å²) in [5.41, 5.74) is 1.39. The van der Waals surface area contributed by atoms with Crippen LogP contribution in [-0.4, -0.2) is 18.7 Å². The number of ketones is 2. The minimum Gasteiger partial charge on any atom is -0.496 e. The average Bonchev–Trinajstić information content (AvgIpc) is 2.36. The fourth-order valence-corrected chi connectivity index (χ4v) is 2.19. The standard InChI is InChI=1S/C14H11ClO3/c1-3-4-8-5-6-9-12(14(8)18-2)11(16)7-10(15)13(9)17/h3,5-7H,1,4H2,2H3. The van der Waals surface area contributed by atoms with Gasteiger partial charge in [-0.05, 0) is 18.1 Å². The molecule has 92 valence electrons. The highest BCUT2D eigenvalue weighted by Gasteiger charge is 2.28. The molecule has 0 heterocycles. The number of carbonyl (C=O) groups excluding carboxylic acids is 2. The maximum Gasteiger partial charge on any atom is 0.205 e. The second kappa shape index (κ2) is 4.78. The van der Waals surface area contributed by atoms with Gasteiger partial charge in [0.05, 0.1) is 17.7 Å². The Morgan fingerprint density at radius 1 is 1.39 bits per heavy atom. The van der Waals surface area contributed by atoms with E-state index in [1.807, 2.05) is 0 Å². The van der Waals surface area contributed by atoms with E-state index in [4.69, 9.17) is 16.3 Å². The summed E-state index contributed by atoms with van der Waals surface area (Å²) in [5.74, 6) is -0.238. The molecule has 0 fully saturated rings. The first kappa shape index (κ1) is 12.6. The number of halogens is 1. The molecule has 2 rings (SSSR count). The summed E-state index contributed by atoms with van der Waals surface area (Å²) in [7, 11) is 1.47. The number of rotatable bonds is 3. The monoisotopic (exact) mass is 262 g/mol. The highest BCUT2D eigenvalue weighted by atomic mass is 35.5. The van der Waals surface area contributed by atoms with E-state index in [1.54, 1.807) is 18.2 Å². The summed E-state index contributed by atoms with van der Waals surface area (Å²) in [4.78, 5) is 23.8. The molecule has 0 N–H and O–H groups in total. The minimum atomic E-state index is -0.352. The molecule has 0 amide bonds. The Labute approximate surface area is 110 Å². The van der Waals surface area contributed by atoms with Gasteiger partial charge in [0.1, 0.15) is 5.75 Å². The van der Waals surface area contributed by atoms with E-state index in [0.717, 1.165) is 11.6 Å². The van der Waals surface area contributed by atoms with Crippen LogP contribution in [0.2, 0.25) is 0 Å². The third-order valence-corrected chi connectivity index (χ3v) is 3.05. The molecule has 0 saturated heterocycles. The summed E-state index contributed by atoms with van der Waals surface area (Å²) in [5, 5.41) is -0.0639. The number of Topliss-reactive ketones (excluding diaryl/α,β-unsaturated/α-hetero) is 1. The lowest BCUT2D eigenvalue weighted by atomic mass is 9.91. The normalized spacial score (nSPS) is 14.0. The Morgan fingerprint density at radius 2 is 2.11 bits per heavy atom. The van der Waals surface area contributed by atoms with Crippen LogP contribution in [0.1, 0.15) is 26.3 Å². The molecule has 3 nitrogen and oxygen atoms in total. The molecule has 1 aliphatic carbocycles. The molecule has 0 bridgehead atoms. The van der Waals surface area contributed by atoms with Crippen LogP contribution in [-0.2, 0) is 6.42 Å². The first-order chi connectivity index (χ1) is 8.60. The Hall–Kier alpha value is -1.87. The number of hydrogen-bond acceptors (Lipinski definition) is 3. The van der Waals surface area contributed by atoms with Gasteiger partial charge in [-0.25, -0.2) is 0 Å². The maximum absolute atomic E-state index is 12.0. The van der Waals surface area contributed by atoms with Gasteiger partial charge >= 0.3 is 0 Å². The fraction of sp³-hybridized carbons (Fsp3) is 0.143. The van der Waals surface area contributed by atoms with Crippen LogP contribution >= 0.6 is 11.6 Å². The quantitative estimate of drug-likeness (QED) is 0.787. The van der Waals surface area contributed by atoms with Crippen molar-refractivity contribution in [3.8, 4) is 5.75 Å². The van der Waals surface area contributed by atoms with Crippen molar-refractivity contribution in [1.29, 1.82) is 0 Å². The van der Waals surface area contributed by atoms with E-state index >= 15 is 0 Å². The zero-order valence-corrected chi connectivity index (χ0v) is 10.6. The largest absolute Gasteiger partial charge is 0.496 e. The van der Waals surface area contributed by atoms with E-state index in [9.17, 15) is 9.59 Å². The molecule has 18 heavy (non-hydrogen) atoms. The van der Waals surface area contributed by atoms with Crippen molar-refractivity contribution >= 4 is 23.2 Å². The summed E-state index contributed by atoms with van der Waals surface area (Å²) in [6, 6.07) is 3.35. The third-order valence-electron chi connectivity index (χ3n) is 2.77. The molecular weight excluding hydrogens is 252 g/mol. The number of ether oxygens (including phenoxy) is 1. The molecule has 0 spiro atoms. The highest BCUT2D eigenvalue weighted by Crippen LogP contribution is 2.33. The molecule has 1 aliphatic rings. The molecular formula is C14H11ClO3. The molecule has 0 unspecified atom stereocenters. The summed E-state index contributed by atoms with van der Waals surface area (Å²) in [6.07, 6.45) is 3.41. The predicted octanol–water partition coefficient (Wildman–Crippen LogP) is 2.93. The lowest BCUT2D eigenvalue weighted by molar-refractivity contribution is 0.0988. The van der Waals surface area contributed by atoms with Crippen LogP contribution in [0.3, 0.4) is 0 Å². The van der Waals surface area contributed by atoms with E-state index < -0.39 is 0 Å². The van der Waals surface area contributed by atoms with Gasteiger partial charge < -0.3 is 4.74 Å². The van der Waals surface area contributed by atoms with E-state index in [-0.39, 0.29) is 27.7 Å². The molecule has 1 aromatic rings. The van der Waals surface area contributed by atoms with Crippen molar-refractivity contribution in [3.05, 3.63) is 52.6 Å². The van der Waals surface area contributed by atoms with Crippen LogP contribution in [0.5, 0.6) is 5.75 Å². The first-order valence-electron chi connectivity index (χ1n) is 5.37. The van der Waals surface area contributed by atoms with Gasteiger partial charge in [0.2, 0.25) is 5.78 Å². The number of benzene rings is 1. The van der Waals surface area contributed by atoms with E-state index in [1.165, 1.54) is 7.11 Å². The van der Waals surface area contributed by atoms with Crippen LogP contribution in [0, 0.1) is 0 Å². The van der Waals surface area contributed by atoms with Crippen molar-refractivity contribution in [2.45, 2.75) is 6.42 Å². The van der Waals surface area contributed by atoms with Crippen LogP contribution in [0.15, 0.2) is 35.9 Å². The SMILES string of the molecule is C=CCc1ccc2c(c1OC)C(=O)C=C(Cl)C2=O. The van der Waals surface area contributed by atoms with Crippen LogP contribution in [0.25, 0.3) is 0 Å². The molecule has 0 atom stereocenters. The van der Waals surface area contributed by atoms with Crippen molar-refractivity contribution in [1.82, 2.24) is 0 Å². The predicted molar refractivity (Wildman–Crippen MR) is 69.5 cm³/mol. The summed E-state index contributed by atoms with van der Waals surface area (Å²) >= 11 is 5.72. The van der Waals surface area contributed by atoms with Gasteiger partial charge in [0.15, 0.2) is 5.78 Å². The van der Waals surface area contributed by atoms with Crippen molar-refractivity contribution in [2.24, 2.45) is 0 Å². The minimum absolute atomic E-state index is 0.0639. The molecule has 4 heteroatoms. The molecule has 0 radical (unpaired) electrons. The van der Waals surface area contributed by atoms with Crippen LogP contribution < -0.4 is 4.74 Å². The first-order valence-corrected chi connectivity index (χ1v) is 5.75. The smallest absolute Gasteiger partial charge is 0.205 e. The highest BCUT2D eigenvalue weighted by molar-refractivity contribution is 6.49. The van der Waals surface area contributed by atoms with Gasteiger partial charge in [-0.2, -0.15) is 0 Å². The second-order valence-electron chi connectivity index (χ2n) is 3.86. The topological polar surface area (TPSA) is 43.4 Å². The van der Waals surface area contributed by atoms with Gasteiger partial charge in [-0.1, -0.05) is 23.7 Å². The number of hydrogen-bond donors (Lipinski definition) is 0. The number of methoxy groups -OCH3 is 1. The lowest BCUT2D eigenvalue weighted by Gasteiger charge is -2.17. The zero-order chi connectivity index (χ0) is 13.3. The van der Waals surface area contributed by atoms with E-state index in [2.05, 4.69) is 6.58 Å². The van der Waals surface area contributed by atoms with Gasteiger partial charge in [0, 0.05) is 11.6 Å². The Balaban J connectivity index is 2.70. The summed E-state index contributed by atoms with van der Waals surface area (Å²) < 4.78 is 5.26. The zero-order valence-electron chi connectivity index (χ0n) is 9.83. The van der Waals surface area contributed by atoms with Crippen molar-refractivity contribution in [2.75, 3.05) is 7.11 Å². The van der Waals surface area contributed by atoms with Crippen molar-refractivity contribution < 1.29 is 14.3 Å². The van der Waals surface area contributed by atoms with Crippen molar-refractivity contribution in [3.63, 3.8) is 0 Å². The number of allylic oxidation sites excluding steroid dienone is 3. The second-order valence-corrected chi connectivity index (χ2v) is 4.27. The summed E-state index contributed by atoms with van der Waals surface area (Å²) in [6.45, 7) is 3.65. The van der Waals surface area contributed by atoms with Gasteiger partial charge in [-0.15, -0.1) is 6.58 Å². The fourth-order valence-electron chi connectivity index (χ4n) is 1.99. The van der Waals surface area contributed by atoms with Gasteiger partial charge in [0.25, 0.3) is 0 Å². The molecule has 1 aromatic carbocycles. The maximum atomic E-state index is 12.0. The Kier molecular flexibility index (Phi) is 3.34. The molecule has 0 saturated carbocycles. The number of fused-ring (bicyclic) bond motifs is 1. The van der Waals surface area contributed by atoms with Crippen LogP contribution in [0.4, 0.5) is 0 Å².